The van der Waals surface area contributed by atoms with Gasteiger partial charge in [-0.3, -0.25) is 4.79 Å². The Labute approximate surface area is 124 Å². The number of likely N-dealkylation sites (N-methyl/N-ethyl adjacent to an activating group) is 1. The fourth-order valence-corrected chi connectivity index (χ4v) is 2.11. The van der Waals surface area contributed by atoms with Gasteiger partial charge in [-0.1, -0.05) is 51.0 Å². The Hall–Kier alpha value is -1.57. The molecule has 2 nitrogen and oxygen atoms in total. The third-order valence-corrected chi connectivity index (χ3v) is 3.35. The summed E-state index contributed by atoms with van der Waals surface area (Å²) in [6, 6.07) is 0.250. The highest BCUT2D eigenvalue weighted by Gasteiger charge is 2.12. The predicted molar refractivity (Wildman–Crippen MR) is 88.6 cm³/mol. The first-order chi connectivity index (χ1) is 9.71. The van der Waals surface area contributed by atoms with Crippen molar-refractivity contribution in [3.8, 4) is 0 Å². The molecule has 2 heteroatoms. The number of carbonyl (C=O) groups is 1. The third-order valence-electron chi connectivity index (χ3n) is 3.35. The van der Waals surface area contributed by atoms with Crippen molar-refractivity contribution in [2.75, 3.05) is 7.05 Å². The first-order valence-electron chi connectivity index (χ1n) is 7.49. The highest BCUT2D eigenvalue weighted by Crippen LogP contribution is 2.16. The molecule has 112 valence electrons. The maximum Gasteiger partial charge on any atom is 0.142 e. The van der Waals surface area contributed by atoms with Gasteiger partial charge in [-0.25, -0.2) is 0 Å². The average molecular weight is 275 g/mol. The fraction of sp³-hybridized carbons (Fsp3) is 0.500. The quantitative estimate of drug-likeness (QED) is 0.170. The number of aldehydes is 1. The Kier molecular flexibility index (Phi) is 11.5. The van der Waals surface area contributed by atoms with Gasteiger partial charge in [0, 0.05) is 18.8 Å². The largest absolute Gasteiger partial charge is 0.368 e. The molecular weight excluding hydrogens is 246 g/mol. The Morgan fingerprint density at radius 1 is 1.25 bits per heavy atom. The zero-order chi connectivity index (χ0) is 15.2. The van der Waals surface area contributed by atoms with Gasteiger partial charge in [0.25, 0.3) is 0 Å². The number of rotatable bonds is 12. The lowest BCUT2D eigenvalue weighted by molar-refractivity contribution is -0.104. The van der Waals surface area contributed by atoms with Gasteiger partial charge in [0.2, 0.25) is 0 Å². The van der Waals surface area contributed by atoms with Gasteiger partial charge < -0.3 is 4.90 Å². The van der Waals surface area contributed by atoms with E-state index in [9.17, 15) is 4.79 Å². The SMILES string of the molecule is C=CCC/C=C(/C=C)N(C)C(/C=C\C=O)CCCCC. The number of hydrogen-bond acceptors (Lipinski definition) is 2. The van der Waals surface area contributed by atoms with Crippen molar-refractivity contribution in [2.24, 2.45) is 0 Å². The van der Waals surface area contributed by atoms with Crippen LogP contribution in [0.25, 0.3) is 0 Å². The first kappa shape index (κ1) is 18.4. The molecule has 0 amide bonds. The molecule has 0 aromatic carbocycles. The van der Waals surface area contributed by atoms with Crippen molar-refractivity contribution >= 4 is 6.29 Å². The van der Waals surface area contributed by atoms with Crippen LogP contribution in [0.4, 0.5) is 0 Å². The summed E-state index contributed by atoms with van der Waals surface area (Å²) >= 11 is 0. The van der Waals surface area contributed by atoms with E-state index in [1.54, 1.807) is 6.08 Å². The highest BCUT2D eigenvalue weighted by atomic mass is 16.1. The molecule has 0 saturated heterocycles. The van der Waals surface area contributed by atoms with E-state index in [4.69, 9.17) is 0 Å². The maximum atomic E-state index is 10.6. The van der Waals surface area contributed by atoms with E-state index in [1.165, 1.54) is 19.3 Å². The van der Waals surface area contributed by atoms with Crippen LogP contribution in [0, 0.1) is 0 Å². The summed E-state index contributed by atoms with van der Waals surface area (Å²) in [6.07, 6.45) is 17.0. The van der Waals surface area contributed by atoms with Crippen LogP contribution < -0.4 is 0 Å². The molecule has 1 unspecified atom stereocenters. The molecule has 1 atom stereocenters. The molecule has 0 aliphatic heterocycles. The van der Waals surface area contributed by atoms with Crippen LogP contribution in [-0.2, 0) is 4.79 Å². The molecule has 0 aromatic rings. The van der Waals surface area contributed by atoms with E-state index in [-0.39, 0.29) is 6.04 Å². The Bertz CT molecular complexity index is 341. The molecule has 0 aliphatic rings. The van der Waals surface area contributed by atoms with Gasteiger partial charge in [-0.05, 0) is 31.4 Å². The van der Waals surface area contributed by atoms with E-state index >= 15 is 0 Å². The number of carbonyl (C=O) groups excluding carboxylic acids is 1. The third kappa shape index (κ3) is 7.78. The van der Waals surface area contributed by atoms with Crippen molar-refractivity contribution in [1.29, 1.82) is 0 Å². The standard InChI is InChI=1S/C18H29NO/c1-5-8-10-13-17(7-3)19(4)18(15-12-16-20)14-11-9-6-2/h5,7,12-13,15-16,18H,1,3,6,8-11,14H2,2,4H3/b15-12-,17-13-. The second kappa shape index (κ2) is 12.5. The van der Waals surface area contributed by atoms with Crippen molar-refractivity contribution in [2.45, 2.75) is 51.5 Å². The summed E-state index contributed by atoms with van der Waals surface area (Å²) in [5.41, 5.74) is 1.11. The van der Waals surface area contributed by atoms with Crippen LogP contribution in [0.5, 0.6) is 0 Å². The minimum atomic E-state index is 0.250. The predicted octanol–water partition coefficient (Wildman–Crippen LogP) is 4.66. The van der Waals surface area contributed by atoms with Crippen molar-refractivity contribution in [1.82, 2.24) is 4.90 Å². The van der Waals surface area contributed by atoms with E-state index in [0.717, 1.165) is 31.2 Å². The molecule has 0 aliphatic carbocycles. The van der Waals surface area contributed by atoms with Crippen LogP contribution in [-0.4, -0.2) is 24.3 Å². The number of nitrogens with zero attached hydrogens (tertiary/aromatic N) is 1. The summed E-state index contributed by atoms with van der Waals surface area (Å²) < 4.78 is 0. The topological polar surface area (TPSA) is 20.3 Å². The molecule has 0 heterocycles. The smallest absolute Gasteiger partial charge is 0.142 e. The van der Waals surface area contributed by atoms with Gasteiger partial charge in [0.1, 0.15) is 6.29 Å². The van der Waals surface area contributed by atoms with Gasteiger partial charge in [-0.2, -0.15) is 0 Å². The molecule has 0 rings (SSSR count). The molecular formula is C18H29NO. The van der Waals surface area contributed by atoms with Crippen LogP contribution in [0.15, 0.2) is 49.2 Å². The number of hydrogen-bond donors (Lipinski definition) is 0. The van der Waals surface area contributed by atoms with E-state index in [0.29, 0.717) is 0 Å². The second-order valence-electron chi connectivity index (χ2n) is 4.89. The van der Waals surface area contributed by atoms with Crippen LogP contribution >= 0.6 is 0 Å². The Morgan fingerprint density at radius 3 is 2.55 bits per heavy atom. The molecule has 0 fully saturated rings. The minimum absolute atomic E-state index is 0.250. The van der Waals surface area contributed by atoms with Gasteiger partial charge >= 0.3 is 0 Å². The molecule has 0 N–H and O–H groups in total. The van der Waals surface area contributed by atoms with Crippen molar-refractivity contribution in [3.05, 3.63) is 49.2 Å². The van der Waals surface area contributed by atoms with Crippen LogP contribution in [0.1, 0.15) is 45.4 Å². The Balaban J connectivity index is 4.77. The molecule has 0 aromatic heterocycles. The number of allylic oxidation sites excluding steroid dienone is 4. The fourth-order valence-electron chi connectivity index (χ4n) is 2.11. The molecule has 0 radical (unpaired) electrons. The van der Waals surface area contributed by atoms with Gasteiger partial charge in [0.05, 0.1) is 0 Å². The van der Waals surface area contributed by atoms with Crippen LogP contribution in [0.3, 0.4) is 0 Å². The number of unbranched alkanes of at least 4 members (excludes halogenated alkanes) is 3. The molecule has 20 heavy (non-hydrogen) atoms. The Morgan fingerprint density at radius 2 is 2.00 bits per heavy atom. The lowest BCUT2D eigenvalue weighted by atomic mass is 10.1. The lowest BCUT2D eigenvalue weighted by Crippen LogP contribution is -2.29. The summed E-state index contributed by atoms with van der Waals surface area (Å²) in [5, 5.41) is 0. The lowest BCUT2D eigenvalue weighted by Gasteiger charge is -2.29. The van der Waals surface area contributed by atoms with Crippen molar-refractivity contribution in [3.63, 3.8) is 0 Å². The van der Waals surface area contributed by atoms with Gasteiger partial charge in [0.15, 0.2) is 0 Å². The summed E-state index contributed by atoms with van der Waals surface area (Å²) in [6.45, 7) is 9.82. The summed E-state index contributed by atoms with van der Waals surface area (Å²) in [4.78, 5) is 12.8. The van der Waals surface area contributed by atoms with Crippen LogP contribution in [0.2, 0.25) is 0 Å². The van der Waals surface area contributed by atoms with E-state index in [1.807, 2.05) is 18.2 Å². The van der Waals surface area contributed by atoms with E-state index in [2.05, 4.69) is 38.1 Å². The zero-order valence-corrected chi connectivity index (χ0v) is 13.1. The van der Waals surface area contributed by atoms with Crippen molar-refractivity contribution < 1.29 is 4.79 Å². The average Bonchev–Trinajstić information content (AvgIpc) is 2.46. The molecule has 0 spiro atoms. The summed E-state index contributed by atoms with van der Waals surface area (Å²) in [7, 11) is 2.06. The minimum Gasteiger partial charge on any atom is -0.368 e. The zero-order valence-electron chi connectivity index (χ0n) is 13.1. The second-order valence-corrected chi connectivity index (χ2v) is 4.89. The van der Waals surface area contributed by atoms with Gasteiger partial charge in [-0.15, -0.1) is 6.58 Å². The van der Waals surface area contributed by atoms with E-state index < -0.39 is 0 Å². The normalized spacial score (nSPS) is 13.2. The highest BCUT2D eigenvalue weighted by molar-refractivity contribution is 5.64. The maximum absolute atomic E-state index is 10.6. The molecule has 0 bridgehead atoms. The summed E-state index contributed by atoms with van der Waals surface area (Å²) in [5.74, 6) is 0. The monoisotopic (exact) mass is 275 g/mol. The molecule has 0 saturated carbocycles. The first-order valence-corrected chi connectivity index (χ1v) is 7.49.